The third kappa shape index (κ3) is 3.01. The van der Waals surface area contributed by atoms with Crippen molar-refractivity contribution >= 4 is 23.2 Å². The average Bonchev–Trinajstić information content (AvgIpc) is 2.52. The summed E-state index contributed by atoms with van der Waals surface area (Å²) >= 11 is 0. The summed E-state index contributed by atoms with van der Waals surface area (Å²) in [6.45, 7) is 2.13. The molecule has 0 radical (unpaired) electrons. The van der Waals surface area contributed by atoms with Crippen LogP contribution in [0, 0.1) is 6.92 Å². The van der Waals surface area contributed by atoms with E-state index in [0.717, 1.165) is 11.3 Å². The summed E-state index contributed by atoms with van der Waals surface area (Å²) in [6.07, 6.45) is 1.08. The molecule has 4 nitrogen and oxygen atoms in total. The van der Waals surface area contributed by atoms with Crippen LogP contribution in [0.5, 0.6) is 0 Å². The van der Waals surface area contributed by atoms with Crippen LogP contribution in [-0.4, -0.2) is 18.4 Å². The first-order valence-corrected chi connectivity index (χ1v) is 7.38. The van der Waals surface area contributed by atoms with E-state index < -0.39 is 0 Å². The van der Waals surface area contributed by atoms with Crippen molar-refractivity contribution in [2.45, 2.75) is 19.8 Å². The van der Waals surface area contributed by atoms with Gasteiger partial charge in [0.05, 0.1) is 11.4 Å². The number of carbonyl (C=O) groups excluding carboxylic acids is 2. The summed E-state index contributed by atoms with van der Waals surface area (Å²) in [4.78, 5) is 25.8. The number of carbonyl (C=O) groups is 2. The van der Waals surface area contributed by atoms with Crippen LogP contribution in [-0.2, 0) is 16.0 Å². The molecular weight excluding hydrogens is 276 g/mol. The van der Waals surface area contributed by atoms with E-state index >= 15 is 0 Å². The zero-order chi connectivity index (χ0) is 15.5. The number of aryl methyl sites for hydroxylation is 2. The highest BCUT2D eigenvalue weighted by Gasteiger charge is 2.26. The standard InChI is InChI=1S/C18H18N2O2/c1-13-5-4-6-14(11-13)9-10-18(22)20-12-17(21)19-15-7-2-3-8-16(15)20/h2-8,11H,9-10,12H2,1H3,(H,19,21). The molecule has 0 spiro atoms. The van der Waals surface area contributed by atoms with Crippen LogP contribution in [0.1, 0.15) is 17.5 Å². The Labute approximate surface area is 129 Å². The van der Waals surface area contributed by atoms with Gasteiger partial charge in [-0.05, 0) is 31.0 Å². The number of fused-ring (bicyclic) bond motifs is 1. The molecule has 1 aliphatic rings. The van der Waals surface area contributed by atoms with E-state index in [1.165, 1.54) is 5.56 Å². The molecule has 1 N–H and O–H groups in total. The zero-order valence-corrected chi connectivity index (χ0v) is 12.5. The fourth-order valence-electron chi connectivity index (χ4n) is 2.71. The molecule has 22 heavy (non-hydrogen) atoms. The van der Waals surface area contributed by atoms with Crippen LogP contribution in [0.4, 0.5) is 11.4 Å². The Morgan fingerprint density at radius 2 is 2.00 bits per heavy atom. The number of rotatable bonds is 3. The fourth-order valence-corrected chi connectivity index (χ4v) is 2.71. The normalized spacial score (nSPS) is 13.5. The highest BCUT2D eigenvalue weighted by Crippen LogP contribution is 2.29. The van der Waals surface area contributed by atoms with Crippen molar-refractivity contribution in [2.24, 2.45) is 0 Å². The highest BCUT2D eigenvalue weighted by atomic mass is 16.2. The van der Waals surface area contributed by atoms with Gasteiger partial charge in [0.15, 0.2) is 0 Å². The lowest BCUT2D eigenvalue weighted by atomic mass is 10.1. The number of hydrogen-bond acceptors (Lipinski definition) is 2. The van der Waals surface area contributed by atoms with Crippen LogP contribution in [0.15, 0.2) is 48.5 Å². The van der Waals surface area contributed by atoms with E-state index in [2.05, 4.69) is 11.4 Å². The molecule has 2 aromatic carbocycles. The third-order valence-corrected chi connectivity index (χ3v) is 3.78. The lowest BCUT2D eigenvalue weighted by Crippen LogP contribution is -2.42. The SMILES string of the molecule is Cc1cccc(CCC(=O)N2CC(=O)Nc3ccccc32)c1. The van der Waals surface area contributed by atoms with Crippen molar-refractivity contribution in [3.8, 4) is 0 Å². The smallest absolute Gasteiger partial charge is 0.244 e. The largest absolute Gasteiger partial charge is 0.323 e. The Balaban J connectivity index is 1.74. The summed E-state index contributed by atoms with van der Waals surface area (Å²) in [6, 6.07) is 15.5. The van der Waals surface area contributed by atoms with Gasteiger partial charge >= 0.3 is 0 Å². The second-order valence-electron chi connectivity index (χ2n) is 5.53. The van der Waals surface area contributed by atoms with Crippen LogP contribution >= 0.6 is 0 Å². The van der Waals surface area contributed by atoms with Crippen LogP contribution in [0.2, 0.25) is 0 Å². The Kier molecular flexibility index (Phi) is 3.92. The van der Waals surface area contributed by atoms with E-state index in [0.29, 0.717) is 18.5 Å². The number of para-hydroxylation sites is 2. The first-order valence-electron chi connectivity index (χ1n) is 7.38. The molecule has 2 aromatic rings. The van der Waals surface area contributed by atoms with Crippen LogP contribution in [0.25, 0.3) is 0 Å². The van der Waals surface area contributed by atoms with Gasteiger partial charge in [0.2, 0.25) is 11.8 Å². The Hall–Kier alpha value is -2.62. The molecule has 0 aromatic heterocycles. The lowest BCUT2D eigenvalue weighted by Gasteiger charge is -2.29. The van der Waals surface area contributed by atoms with Gasteiger partial charge in [0.25, 0.3) is 0 Å². The van der Waals surface area contributed by atoms with Gasteiger partial charge in [-0.3, -0.25) is 9.59 Å². The number of nitrogens with one attached hydrogen (secondary N) is 1. The van der Waals surface area contributed by atoms with Gasteiger partial charge in [-0.1, -0.05) is 42.0 Å². The molecule has 112 valence electrons. The molecule has 4 heteroatoms. The first kappa shape index (κ1) is 14.3. The van der Waals surface area contributed by atoms with Crippen molar-refractivity contribution in [1.82, 2.24) is 0 Å². The number of nitrogens with zero attached hydrogens (tertiary/aromatic N) is 1. The van der Waals surface area contributed by atoms with Gasteiger partial charge in [-0.2, -0.15) is 0 Å². The summed E-state index contributed by atoms with van der Waals surface area (Å²) in [5.41, 5.74) is 3.80. The molecule has 0 saturated carbocycles. The van der Waals surface area contributed by atoms with Crippen molar-refractivity contribution in [3.05, 3.63) is 59.7 Å². The first-order chi connectivity index (χ1) is 10.6. The fraction of sp³-hybridized carbons (Fsp3) is 0.222. The summed E-state index contributed by atoms with van der Waals surface area (Å²) in [5.74, 6) is -0.175. The molecule has 0 aliphatic carbocycles. The molecule has 0 atom stereocenters. The van der Waals surface area contributed by atoms with Crippen molar-refractivity contribution in [2.75, 3.05) is 16.8 Å². The molecule has 1 heterocycles. The van der Waals surface area contributed by atoms with Crippen LogP contribution < -0.4 is 10.2 Å². The van der Waals surface area contributed by atoms with Gasteiger partial charge in [-0.15, -0.1) is 0 Å². The van der Waals surface area contributed by atoms with E-state index in [-0.39, 0.29) is 18.4 Å². The lowest BCUT2D eigenvalue weighted by molar-refractivity contribution is -0.121. The molecule has 2 amide bonds. The molecule has 0 bridgehead atoms. The third-order valence-electron chi connectivity index (χ3n) is 3.78. The topological polar surface area (TPSA) is 49.4 Å². The molecule has 0 saturated heterocycles. The second kappa shape index (κ2) is 6.02. The molecule has 0 unspecified atom stereocenters. The maximum absolute atomic E-state index is 12.5. The minimum atomic E-state index is -0.150. The Bertz CT molecular complexity index is 725. The van der Waals surface area contributed by atoms with Crippen molar-refractivity contribution in [1.29, 1.82) is 0 Å². The predicted molar refractivity (Wildman–Crippen MR) is 86.9 cm³/mol. The minimum Gasteiger partial charge on any atom is -0.323 e. The predicted octanol–water partition coefficient (Wildman–Crippen LogP) is 2.91. The maximum atomic E-state index is 12.5. The molecule has 0 fully saturated rings. The summed E-state index contributed by atoms with van der Waals surface area (Å²) in [5, 5.41) is 2.79. The van der Waals surface area contributed by atoms with E-state index in [1.54, 1.807) is 4.90 Å². The van der Waals surface area contributed by atoms with Gasteiger partial charge < -0.3 is 10.2 Å². The van der Waals surface area contributed by atoms with Gasteiger partial charge in [0.1, 0.15) is 6.54 Å². The Morgan fingerprint density at radius 1 is 1.18 bits per heavy atom. The quantitative estimate of drug-likeness (QED) is 0.946. The zero-order valence-electron chi connectivity index (χ0n) is 12.5. The van der Waals surface area contributed by atoms with Gasteiger partial charge in [-0.25, -0.2) is 0 Å². The number of amides is 2. The van der Waals surface area contributed by atoms with Crippen molar-refractivity contribution in [3.63, 3.8) is 0 Å². The van der Waals surface area contributed by atoms with Crippen molar-refractivity contribution < 1.29 is 9.59 Å². The molecular formula is C18H18N2O2. The maximum Gasteiger partial charge on any atom is 0.244 e. The molecule has 3 rings (SSSR count). The van der Waals surface area contributed by atoms with Crippen LogP contribution in [0.3, 0.4) is 0 Å². The number of anilines is 2. The Morgan fingerprint density at radius 3 is 2.82 bits per heavy atom. The number of benzene rings is 2. The monoisotopic (exact) mass is 294 g/mol. The highest BCUT2D eigenvalue weighted by molar-refractivity contribution is 6.09. The summed E-state index contributed by atoms with van der Waals surface area (Å²) in [7, 11) is 0. The van der Waals surface area contributed by atoms with E-state index in [9.17, 15) is 9.59 Å². The van der Waals surface area contributed by atoms with E-state index in [1.807, 2.05) is 49.4 Å². The van der Waals surface area contributed by atoms with Gasteiger partial charge in [0, 0.05) is 6.42 Å². The van der Waals surface area contributed by atoms with E-state index in [4.69, 9.17) is 0 Å². The second-order valence-corrected chi connectivity index (χ2v) is 5.53. The molecule has 1 aliphatic heterocycles. The minimum absolute atomic E-state index is 0.0243. The number of hydrogen-bond donors (Lipinski definition) is 1. The summed E-state index contributed by atoms with van der Waals surface area (Å²) < 4.78 is 0. The average molecular weight is 294 g/mol.